The molecule has 1 aliphatic heterocycles. The molecule has 0 aromatic heterocycles. The zero-order valence-electron chi connectivity index (χ0n) is 16.6. The zero-order chi connectivity index (χ0) is 22.5. The Morgan fingerprint density at radius 1 is 1.10 bits per heavy atom. The fourth-order valence-corrected chi connectivity index (χ4v) is 3.55. The van der Waals surface area contributed by atoms with E-state index in [1.165, 1.54) is 4.90 Å². The van der Waals surface area contributed by atoms with Crippen LogP contribution in [0.5, 0.6) is 0 Å². The molecule has 2 atom stereocenters. The molecule has 0 radical (unpaired) electrons. The minimum atomic E-state index is -1.68. The van der Waals surface area contributed by atoms with Crippen LogP contribution in [-0.2, 0) is 20.8 Å². The summed E-state index contributed by atoms with van der Waals surface area (Å²) in [7, 11) is 0. The number of amides is 2. The average Bonchev–Trinajstić information content (AvgIpc) is 2.71. The van der Waals surface area contributed by atoms with E-state index in [1.807, 2.05) is 42.5 Å². The molecule has 4 N–H and O–H groups in total. The van der Waals surface area contributed by atoms with Gasteiger partial charge in [-0.2, -0.15) is 0 Å². The molecule has 1 aliphatic rings. The number of aliphatic carboxylic acids is 1. The maximum absolute atomic E-state index is 12.3. The number of carbonyl (C=O) groups is 3. The van der Waals surface area contributed by atoms with Crippen LogP contribution < -0.4 is 5.32 Å². The standard InChI is InChI=1S/C22H23ClN2O6/c23-16-3-1-2-15(9-16)14-6-4-13(5-7-14)8-17(10-19(27)22(30)31)24-20(28)21(29)25-11-18(26)12-25/h1-7,9,17-19,26-27H,8,10-12H2,(H,24,28)(H,30,31)/t17-,19-/m1/s1. The molecule has 0 saturated carbocycles. The van der Waals surface area contributed by atoms with E-state index in [-0.39, 0.29) is 25.9 Å². The number of aliphatic hydroxyl groups excluding tert-OH is 2. The van der Waals surface area contributed by atoms with Gasteiger partial charge in [-0.25, -0.2) is 4.79 Å². The van der Waals surface area contributed by atoms with Crippen molar-refractivity contribution in [2.24, 2.45) is 0 Å². The lowest BCUT2D eigenvalue weighted by atomic mass is 9.97. The first-order valence-electron chi connectivity index (χ1n) is 9.76. The van der Waals surface area contributed by atoms with E-state index in [0.717, 1.165) is 16.7 Å². The highest BCUT2D eigenvalue weighted by molar-refractivity contribution is 6.35. The van der Waals surface area contributed by atoms with Crippen LogP contribution in [0.4, 0.5) is 0 Å². The second kappa shape index (κ2) is 9.91. The topological polar surface area (TPSA) is 127 Å². The van der Waals surface area contributed by atoms with E-state index in [1.54, 1.807) is 6.07 Å². The van der Waals surface area contributed by atoms with Crippen LogP contribution in [0.15, 0.2) is 48.5 Å². The van der Waals surface area contributed by atoms with E-state index < -0.39 is 36.0 Å². The molecule has 1 heterocycles. The summed E-state index contributed by atoms with van der Waals surface area (Å²) in [6, 6.07) is 14.0. The number of rotatable bonds is 7. The first-order valence-corrected chi connectivity index (χ1v) is 10.1. The Balaban J connectivity index is 1.69. The summed E-state index contributed by atoms with van der Waals surface area (Å²) in [6.07, 6.45) is -2.36. The van der Waals surface area contributed by atoms with E-state index in [4.69, 9.17) is 16.7 Å². The van der Waals surface area contributed by atoms with Crippen molar-refractivity contribution in [3.8, 4) is 11.1 Å². The molecule has 0 bridgehead atoms. The second-order valence-electron chi connectivity index (χ2n) is 7.54. The van der Waals surface area contributed by atoms with Gasteiger partial charge in [-0.05, 0) is 35.2 Å². The van der Waals surface area contributed by atoms with Crippen LogP contribution >= 0.6 is 11.6 Å². The van der Waals surface area contributed by atoms with Crippen LogP contribution in [0, 0.1) is 0 Å². The van der Waals surface area contributed by atoms with Gasteiger partial charge in [0.2, 0.25) is 0 Å². The fraction of sp³-hybridized carbons (Fsp3) is 0.318. The molecule has 3 rings (SSSR count). The maximum Gasteiger partial charge on any atom is 0.332 e. The third-order valence-corrected chi connectivity index (χ3v) is 5.30. The number of benzene rings is 2. The minimum absolute atomic E-state index is 0.0830. The van der Waals surface area contributed by atoms with E-state index in [2.05, 4.69) is 5.32 Å². The lowest BCUT2D eigenvalue weighted by molar-refractivity contribution is -0.153. The third kappa shape index (κ3) is 6.04. The minimum Gasteiger partial charge on any atom is -0.479 e. The SMILES string of the molecule is O=C(N[C@H](Cc1ccc(-c2cccc(Cl)c2)cc1)C[C@@H](O)C(=O)O)C(=O)N1CC(O)C1. The number of nitrogens with one attached hydrogen (secondary N) is 1. The van der Waals surface area contributed by atoms with Crippen LogP contribution in [0.2, 0.25) is 5.02 Å². The first-order chi connectivity index (χ1) is 14.7. The van der Waals surface area contributed by atoms with Crippen molar-refractivity contribution in [1.82, 2.24) is 10.2 Å². The Hall–Kier alpha value is -2.94. The average molecular weight is 447 g/mol. The molecule has 164 valence electrons. The molecule has 31 heavy (non-hydrogen) atoms. The van der Waals surface area contributed by atoms with Crippen LogP contribution in [0.25, 0.3) is 11.1 Å². The van der Waals surface area contributed by atoms with Crippen molar-refractivity contribution in [2.75, 3.05) is 13.1 Å². The number of aliphatic hydroxyl groups is 2. The number of halogens is 1. The molecule has 0 aliphatic carbocycles. The quantitative estimate of drug-likeness (QED) is 0.471. The molecule has 0 unspecified atom stereocenters. The monoisotopic (exact) mass is 446 g/mol. The van der Waals surface area contributed by atoms with Crippen molar-refractivity contribution in [2.45, 2.75) is 31.1 Å². The Kier molecular flexibility index (Phi) is 7.27. The summed E-state index contributed by atoms with van der Waals surface area (Å²) < 4.78 is 0. The highest BCUT2D eigenvalue weighted by atomic mass is 35.5. The van der Waals surface area contributed by atoms with Crippen molar-refractivity contribution in [3.05, 3.63) is 59.1 Å². The number of β-amino-alcohol motifs (C(OH)–C–C–N with tert-alkyl or cyclic N) is 1. The molecule has 2 aromatic carbocycles. The van der Waals surface area contributed by atoms with Gasteiger partial charge in [-0.3, -0.25) is 9.59 Å². The Labute approximate surface area is 184 Å². The molecule has 1 saturated heterocycles. The van der Waals surface area contributed by atoms with Crippen LogP contribution in [0.3, 0.4) is 0 Å². The van der Waals surface area contributed by atoms with Crippen LogP contribution in [-0.4, -0.2) is 69.3 Å². The number of carboxylic acids is 1. The number of carboxylic acid groups (broad SMARTS) is 1. The maximum atomic E-state index is 12.3. The van der Waals surface area contributed by atoms with Gasteiger partial charge in [-0.15, -0.1) is 0 Å². The number of nitrogens with zero attached hydrogens (tertiary/aromatic N) is 1. The van der Waals surface area contributed by atoms with E-state index in [0.29, 0.717) is 5.02 Å². The summed E-state index contributed by atoms with van der Waals surface area (Å²) in [5.74, 6) is -3.10. The number of hydrogen-bond donors (Lipinski definition) is 4. The summed E-state index contributed by atoms with van der Waals surface area (Å²) >= 11 is 6.03. The fourth-order valence-electron chi connectivity index (χ4n) is 3.36. The molecular weight excluding hydrogens is 424 g/mol. The molecule has 2 aromatic rings. The van der Waals surface area contributed by atoms with Gasteiger partial charge in [0.25, 0.3) is 0 Å². The second-order valence-corrected chi connectivity index (χ2v) is 7.97. The van der Waals surface area contributed by atoms with Crippen LogP contribution in [0.1, 0.15) is 12.0 Å². The van der Waals surface area contributed by atoms with Gasteiger partial charge in [-0.1, -0.05) is 48.0 Å². The molecule has 1 fully saturated rings. The van der Waals surface area contributed by atoms with Gasteiger partial charge >= 0.3 is 17.8 Å². The summed E-state index contributed by atoms with van der Waals surface area (Å²) in [5, 5.41) is 31.2. The highest BCUT2D eigenvalue weighted by Gasteiger charge is 2.34. The Bertz CT molecular complexity index is 959. The third-order valence-electron chi connectivity index (χ3n) is 5.07. The molecule has 8 nitrogen and oxygen atoms in total. The normalized spacial score (nSPS) is 15.6. The lowest BCUT2D eigenvalue weighted by Crippen LogP contribution is -2.58. The highest BCUT2D eigenvalue weighted by Crippen LogP contribution is 2.23. The molecule has 9 heteroatoms. The van der Waals surface area contributed by atoms with E-state index >= 15 is 0 Å². The van der Waals surface area contributed by atoms with Crippen molar-refractivity contribution in [3.63, 3.8) is 0 Å². The number of carbonyl (C=O) groups excluding carboxylic acids is 2. The smallest absolute Gasteiger partial charge is 0.332 e. The van der Waals surface area contributed by atoms with Crippen molar-refractivity contribution < 1.29 is 29.7 Å². The number of likely N-dealkylation sites (tertiary alicyclic amines) is 1. The first kappa shape index (κ1) is 22.7. The largest absolute Gasteiger partial charge is 0.479 e. The van der Waals surface area contributed by atoms with Crippen molar-refractivity contribution in [1.29, 1.82) is 0 Å². The van der Waals surface area contributed by atoms with Gasteiger partial charge in [0.05, 0.1) is 6.10 Å². The van der Waals surface area contributed by atoms with Gasteiger partial charge in [0, 0.05) is 30.6 Å². The van der Waals surface area contributed by atoms with Gasteiger partial charge < -0.3 is 25.5 Å². The van der Waals surface area contributed by atoms with Gasteiger partial charge in [0.1, 0.15) is 0 Å². The molecular formula is C22H23ClN2O6. The molecule has 2 amide bonds. The number of hydrogen-bond acceptors (Lipinski definition) is 5. The van der Waals surface area contributed by atoms with E-state index in [9.17, 15) is 24.6 Å². The predicted molar refractivity (Wildman–Crippen MR) is 113 cm³/mol. The zero-order valence-corrected chi connectivity index (χ0v) is 17.3. The molecule has 0 spiro atoms. The Morgan fingerprint density at radius 3 is 2.35 bits per heavy atom. The predicted octanol–water partition coefficient (Wildman–Crippen LogP) is 1.07. The summed E-state index contributed by atoms with van der Waals surface area (Å²) in [4.78, 5) is 36.7. The summed E-state index contributed by atoms with van der Waals surface area (Å²) in [5.41, 5.74) is 2.66. The summed E-state index contributed by atoms with van der Waals surface area (Å²) in [6.45, 7) is 0.166. The van der Waals surface area contributed by atoms with Crippen molar-refractivity contribution >= 4 is 29.4 Å². The Morgan fingerprint density at radius 2 is 1.77 bits per heavy atom. The lowest BCUT2D eigenvalue weighted by Gasteiger charge is -2.35. The van der Waals surface area contributed by atoms with Gasteiger partial charge in [0.15, 0.2) is 6.10 Å².